The SMILES string of the molecule is COCC(CON(O)O)ON(O)O. The van der Waals surface area contributed by atoms with Crippen molar-refractivity contribution in [1.29, 1.82) is 0 Å². The second-order valence-electron chi connectivity index (χ2n) is 1.98. The molecule has 0 aliphatic rings. The van der Waals surface area contributed by atoms with Gasteiger partial charge in [-0.1, -0.05) is 0 Å². The van der Waals surface area contributed by atoms with Crippen LogP contribution in [0, 0.1) is 0 Å². The molecule has 9 heteroatoms. The third-order valence-electron chi connectivity index (χ3n) is 0.972. The molecule has 0 rings (SSSR count). The van der Waals surface area contributed by atoms with Gasteiger partial charge in [0.2, 0.25) is 0 Å². The van der Waals surface area contributed by atoms with Crippen molar-refractivity contribution < 1.29 is 35.2 Å². The van der Waals surface area contributed by atoms with Gasteiger partial charge in [0, 0.05) is 7.11 Å². The summed E-state index contributed by atoms with van der Waals surface area (Å²) in [6, 6.07) is 0. The van der Waals surface area contributed by atoms with E-state index in [1.807, 2.05) is 0 Å². The van der Waals surface area contributed by atoms with Gasteiger partial charge >= 0.3 is 0 Å². The summed E-state index contributed by atoms with van der Waals surface area (Å²) in [6.07, 6.45) is -0.887. The monoisotopic (exact) mass is 200 g/mol. The minimum atomic E-state index is -0.887. The Hall–Kier alpha value is -0.360. The highest BCUT2D eigenvalue weighted by atomic mass is 17.1. The maximum atomic E-state index is 8.23. The highest BCUT2D eigenvalue weighted by molar-refractivity contribution is 4.50. The standard InChI is InChI=1S/C4H12N2O7/c1-11-2-4(13-6(9)10)3-12-5(7)8/h4,7-10H,2-3H2,1H3. The summed E-state index contributed by atoms with van der Waals surface area (Å²) in [4.78, 5) is 8.43. The van der Waals surface area contributed by atoms with Gasteiger partial charge in [-0.2, -0.15) is 0 Å². The lowest BCUT2D eigenvalue weighted by atomic mass is 10.4. The van der Waals surface area contributed by atoms with Gasteiger partial charge < -0.3 is 4.74 Å². The molecule has 0 saturated heterocycles. The van der Waals surface area contributed by atoms with Crippen molar-refractivity contribution in [2.45, 2.75) is 6.10 Å². The summed E-state index contributed by atoms with van der Waals surface area (Å²) >= 11 is 0. The molecule has 1 atom stereocenters. The van der Waals surface area contributed by atoms with E-state index in [1.54, 1.807) is 0 Å². The van der Waals surface area contributed by atoms with Crippen LogP contribution in [0.4, 0.5) is 0 Å². The van der Waals surface area contributed by atoms with E-state index in [9.17, 15) is 0 Å². The van der Waals surface area contributed by atoms with E-state index < -0.39 is 16.9 Å². The van der Waals surface area contributed by atoms with Gasteiger partial charge in [-0.3, -0.25) is 20.8 Å². The Morgan fingerprint density at radius 3 is 2.08 bits per heavy atom. The van der Waals surface area contributed by atoms with Crippen LogP contribution in [-0.2, 0) is 14.4 Å². The maximum Gasteiger partial charge on any atom is 0.133 e. The van der Waals surface area contributed by atoms with Crippen molar-refractivity contribution in [2.24, 2.45) is 0 Å². The molecular formula is C4H12N2O7. The Bertz CT molecular complexity index is 121. The number of methoxy groups -OCH3 is 1. The number of ether oxygens (including phenoxy) is 1. The van der Waals surface area contributed by atoms with Crippen LogP contribution in [0.25, 0.3) is 0 Å². The average molecular weight is 200 g/mol. The number of hydrogen-bond acceptors (Lipinski definition) is 9. The molecule has 0 spiro atoms. The fourth-order valence-corrected chi connectivity index (χ4v) is 0.578. The minimum Gasteiger partial charge on any atom is -0.382 e. The van der Waals surface area contributed by atoms with Gasteiger partial charge in [0.15, 0.2) is 0 Å². The first-order valence-corrected chi connectivity index (χ1v) is 3.20. The first-order valence-electron chi connectivity index (χ1n) is 3.20. The van der Waals surface area contributed by atoms with Crippen LogP contribution in [0.1, 0.15) is 0 Å². The molecule has 1 unspecified atom stereocenters. The largest absolute Gasteiger partial charge is 0.382 e. The fourth-order valence-electron chi connectivity index (χ4n) is 0.578. The summed E-state index contributed by atoms with van der Waals surface area (Å²) in [7, 11) is 1.35. The van der Waals surface area contributed by atoms with Crippen molar-refractivity contribution in [3.63, 3.8) is 0 Å². The van der Waals surface area contributed by atoms with E-state index >= 15 is 0 Å². The summed E-state index contributed by atoms with van der Waals surface area (Å²) in [5.74, 6) is 0. The zero-order valence-corrected chi connectivity index (χ0v) is 6.90. The Morgan fingerprint density at radius 1 is 1.08 bits per heavy atom. The first kappa shape index (κ1) is 12.6. The third kappa shape index (κ3) is 7.98. The minimum absolute atomic E-state index is 0.0224. The zero-order valence-electron chi connectivity index (χ0n) is 6.90. The molecule has 0 heterocycles. The molecule has 0 aromatic heterocycles. The fraction of sp³-hybridized carbons (Fsp3) is 1.00. The topological polar surface area (TPSA) is 115 Å². The van der Waals surface area contributed by atoms with E-state index in [-0.39, 0.29) is 13.2 Å². The zero-order chi connectivity index (χ0) is 10.3. The summed E-state index contributed by atoms with van der Waals surface area (Å²) in [5.41, 5.74) is 0. The van der Waals surface area contributed by atoms with Crippen molar-refractivity contribution >= 4 is 0 Å². The van der Waals surface area contributed by atoms with Crippen molar-refractivity contribution in [3.05, 3.63) is 0 Å². The number of rotatable bonds is 7. The molecule has 9 nitrogen and oxygen atoms in total. The quantitative estimate of drug-likeness (QED) is 0.385. The number of hydrogen-bond donors (Lipinski definition) is 4. The molecule has 0 aromatic carbocycles. The van der Waals surface area contributed by atoms with E-state index in [0.717, 1.165) is 0 Å². The van der Waals surface area contributed by atoms with Gasteiger partial charge in [-0.25, -0.2) is 9.68 Å². The lowest BCUT2D eigenvalue weighted by Gasteiger charge is -2.17. The Morgan fingerprint density at radius 2 is 1.69 bits per heavy atom. The molecule has 0 fully saturated rings. The third-order valence-corrected chi connectivity index (χ3v) is 0.972. The van der Waals surface area contributed by atoms with Crippen LogP contribution in [0.3, 0.4) is 0 Å². The molecular weight excluding hydrogens is 188 g/mol. The highest BCUT2D eigenvalue weighted by Crippen LogP contribution is 1.96. The first-order chi connectivity index (χ1) is 6.06. The average Bonchev–Trinajstić information content (AvgIpc) is 1.99. The molecule has 13 heavy (non-hydrogen) atoms. The molecule has 0 amide bonds. The maximum absolute atomic E-state index is 8.23. The molecule has 0 saturated carbocycles. The molecule has 0 radical (unpaired) electrons. The summed E-state index contributed by atoms with van der Waals surface area (Å²) in [5, 5.41) is 31.7. The van der Waals surface area contributed by atoms with Crippen LogP contribution < -0.4 is 0 Å². The van der Waals surface area contributed by atoms with Crippen molar-refractivity contribution in [2.75, 3.05) is 20.3 Å². The van der Waals surface area contributed by atoms with Gasteiger partial charge in [0.25, 0.3) is 0 Å². The predicted molar refractivity (Wildman–Crippen MR) is 33.5 cm³/mol. The van der Waals surface area contributed by atoms with E-state index in [1.165, 1.54) is 7.11 Å². The normalized spacial score (nSPS) is 14.1. The molecule has 80 valence electrons. The number of nitrogens with zero attached hydrogens (tertiary/aromatic N) is 2. The van der Waals surface area contributed by atoms with Gasteiger partial charge in [0.1, 0.15) is 12.7 Å². The molecule has 0 aromatic rings. The van der Waals surface area contributed by atoms with Crippen molar-refractivity contribution in [1.82, 2.24) is 10.8 Å². The van der Waals surface area contributed by atoms with Crippen LogP contribution >= 0.6 is 0 Å². The smallest absolute Gasteiger partial charge is 0.133 e. The van der Waals surface area contributed by atoms with Gasteiger partial charge in [-0.15, -0.1) is 0 Å². The lowest BCUT2D eigenvalue weighted by molar-refractivity contribution is -0.528. The van der Waals surface area contributed by atoms with Gasteiger partial charge in [0.05, 0.1) is 17.4 Å². The van der Waals surface area contributed by atoms with Crippen LogP contribution in [0.2, 0.25) is 0 Å². The van der Waals surface area contributed by atoms with Crippen LogP contribution in [0.5, 0.6) is 0 Å². The molecule has 4 N–H and O–H groups in total. The summed E-state index contributed by atoms with van der Waals surface area (Å²) in [6.45, 7) is -0.357. The molecule has 0 aliphatic carbocycles. The molecule has 0 bridgehead atoms. The van der Waals surface area contributed by atoms with Crippen molar-refractivity contribution in [3.8, 4) is 0 Å². The predicted octanol–water partition coefficient (Wildman–Crippen LogP) is -0.975. The Balaban J connectivity index is 3.66. The van der Waals surface area contributed by atoms with E-state index in [0.29, 0.717) is 0 Å². The van der Waals surface area contributed by atoms with Crippen LogP contribution in [-0.4, -0.2) is 58.0 Å². The second-order valence-corrected chi connectivity index (χ2v) is 1.98. The molecule has 0 aliphatic heterocycles. The Labute approximate surface area is 73.6 Å². The van der Waals surface area contributed by atoms with Crippen LogP contribution in [0.15, 0.2) is 0 Å². The highest BCUT2D eigenvalue weighted by Gasteiger charge is 2.14. The van der Waals surface area contributed by atoms with E-state index in [4.69, 9.17) is 20.8 Å². The van der Waals surface area contributed by atoms with Gasteiger partial charge in [-0.05, 0) is 0 Å². The van der Waals surface area contributed by atoms with E-state index in [2.05, 4.69) is 14.4 Å². The Kier molecular flexibility index (Phi) is 6.89. The second kappa shape index (κ2) is 7.08. The summed E-state index contributed by atoms with van der Waals surface area (Å²) < 4.78 is 4.60. The lowest BCUT2D eigenvalue weighted by Crippen LogP contribution is -2.33.